The molecular formula is C29H31N3O9S2. The maximum absolute atomic E-state index is 13.7. The molecule has 1 fully saturated rings. The minimum absolute atomic E-state index is 0.0354. The summed E-state index contributed by atoms with van der Waals surface area (Å²) in [5.41, 5.74) is 2.77. The minimum Gasteiger partial charge on any atom is -0.420 e. The number of aliphatic hydroxyl groups excluding tert-OH is 1. The van der Waals surface area contributed by atoms with Crippen LogP contribution in [0.25, 0.3) is 10.4 Å². The summed E-state index contributed by atoms with van der Waals surface area (Å²) in [5, 5.41) is 10.2. The van der Waals surface area contributed by atoms with Crippen molar-refractivity contribution in [3.8, 4) is 5.75 Å². The molecule has 1 unspecified atom stereocenters. The van der Waals surface area contributed by atoms with Crippen LogP contribution in [-0.2, 0) is 41.7 Å². The second-order valence-corrected chi connectivity index (χ2v) is 14.1. The van der Waals surface area contributed by atoms with Crippen molar-refractivity contribution >= 4 is 49.6 Å². The second-order valence-electron chi connectivity index (χ2n) is 11.1. The number of aromatic nitrogens is 2. The molecule has 228 valence electrons. The van der Waals surface area contributed by atoms with Crippen LogP contribution in [0.1, 0.15) is 49.6 Å². The number of thiazole rings is 1. The number of benzene rings is 1. The fraction of sp³-hybridized carbons (Fsp3) is 0.448. The minimum atomic E-state index is -3.62. The van der Waals surface area contributed by atoms with Crippen LogP contribution in [-0.4, -0.2) is 70.5 Å². The first-order valence-corrected chi connectivity index (χ1v) is 16.7. The number of nitrogens with zero attached hydrogens (tertiary/aromatic N) is 3. The van der Waals surface area contributed by atoms with Gasteiger partial charge in [0.05, 0.1) is 22.9 Å². The number of aryl methyl sites for hydroxylation is 2. The molecule has 4 heterocycles. The lowest BCUT2D eigenvalue weighted by Gasteiger charge is -2.46. The van der Waals surface area contributed by atoms with E-state index in [0.717, 1.165) is 42.4 Å². The van der Waals surface area contributed by atoms with Gasteiger partial charge in [-0.1, -0.05) is 19.9 Å². The summed E-state index contributed by atoms with van der Waals surface area (Å²) in [4.78, 5) is 45.7. The lowest BCUT2D eigenvalue weighted by Crippen LogP contribution is -2.63. The highest BCUT2D eigenvalue weighted by molar-refractivity contribution is 7.91. The number of β-lactam (4-membered cyclic amide) rings is 1. The Morgan fingerprint density at radius 3 is 2.65 bits per heavy atom. The van der Waals surface area contributed by atoms with E-state index in [1.807, 2.05) is 13.0 Å². The van der Waals surface area contributed by atoms with Crippen LogP contribution in [0.2, 0.25) is 0 Å². The van der Waals surface area contributed by atoms with Gasteiger partial charge in [0.25, 0.3) is 6.29 Å². The number of amides is 1. The smallest absolute Gasteiger partial charge is 0.420 e. The molecule has 3 aromatic rings. The van der Waals surface area contributed by atoms with E-state index in [0.29, 0.717) is 21.0 Å². The molecule has 3 aliphatic rings. The van der Waals surface area contributed by atoms with E-state index in [4.69, 9.17) is 14.2 Å². The molecule has 0 radical (unpaired) electrons. The summed E-state index contributed by atoms with van der Waals surface area (Å²) in [6.45, 7) is 5.02. The molecule has 6 rings (SSSR count). The number of aliphatic hydroxyl groups is 1. The van der Waals surface area contributed by atoms with E-state index in [-0.39, 0.29) is 17.1 Å². The van der Waals surface area contributed by atoms with Gasteiger partial charge >= 0.3 is 12.1 Å². The van der Waals surface area contributed by atoms with Gasteiger partial charge in [0.1, 0.15) is 22.6 Å². The maximum Gasteiger partial charge on any atom is 0.516 e. The topological polar surface area (TPSA) is 154 Å². The number of fused-ring (bicyclic) bond motifs is 3. The molecule has 2 aliphatic heterocycles. The summed E-state index contributed by atoms with van der Waals surface area (Å²) < 4.78 is 42.4. The van der Waals surface area contributed by atoms with Crippen molar-refractivity contribution in [2.75, 3.05) is 6.26 Å². The average molecular weight is 630 g/mol. The van der Waals surface area contributed by atoms with Crippen LogP contribution >= 0.6 is 11.3 Å². The normalized spacial score (nSPS) is 22.7. The first kappa shape index (κ1) is 29.3. The van der Waals surface area contributed by atoms with Crippen molar-refractivity contribution in [2.45, 2.75) is 69.9 Å². The summed E-state index contributed by atoms with van der Waals surface area (Å²) in [6.07, 6.45) is 3.85. The number of carbonyl (C=O) groups excluding carboxylic acids is 3. The van der Waals surface area contributed by atoms with Gasteiger partial charge in [0.15, 0.2) is 14.9 Å². The van der Waals surface area contributed by atoms with Gasteiger partial charge in [-0.05, 0) is 49.4 Å². The number of hydrogen-bond acceptors (Lipinski definition) is 11. The zero-order valence-corrected chi connectivity index (χ0v) is 25.6. The third-order valence-electron chi connectivity index (χ3n) is 8.23. The van der Waals surface area contributed by atoms with Gasteiger partial charge in [0, 0.05) is 30.4 Å². The quantitative estimate of drug-likeness (QED) is 0.170. The van der Waals surface area contributed by atoms with Crippen LogP contribution in [0, 0.1) is 11.8 Å². The second kappa shape index (κ2) is 10.8. The Balaban J connectivity index is 1.28. The largest absolute Gasteiger partial charge is 0.516 e. The first-order valence-electron chi connectivity index (χ1n) is 14.0. The van der Waals surface area contributed by atoms with Crippen molar-refractivity contribution in [1.82, 2.24) is 14.3 Å². The van der Waals surface area contributed by atoms with Gasteiger partial charge in [-0.3, -0.25) is 9.20 Å². The van der Waals surface area contributed by atoms with Gasteiger partial charge < -0.3 is 24.2 Å². The summed E-state index contributed by atoms with van der Waals surface area (Å²) in [7, 11) is -3.62. The van der Waals surface area contributed by atoms with E-state index < -0.39 is 58.1 Å². The lowest BCUT2D eigenvalue weighted by molar-refractivity contribution is -0.175. The number of esters is 1. The highest BCUT2D eigenvalue weighted by Gasteiger charge is 2.60. The number of carbonyl (C=O) groups is 3. The van der Waals surface area contributed by atoms with Crippen molar-refractivity contribution in [3.63, 3.8) is 0 Å². The van der Waals surface area contributed by atoms with Gasteiger partial charge in [0.2, 0.25) is 5.91 Å². The van der Waals surface area contributed by atoms with Crippen molar-refractivity contribution < 1.29 is 42.1 Å². The number of sulfone groups is 1. The third kappa shape index (κ3) is 5.00. The summed E-state index contributed by atoms with van der Waals surface area (Å²) >= 11 is 1.12. The Morgan fingerprint density at radius 1 is 1.21 bits per heavy atom. The molecule has 14 heteroatoms. The zero-order valence-electron chi connectivity index (χ0n) is 24.0. The standard InChI is InChI=1S/C29H31N3O9S2/c1-5-20(41-29(36)39-18-10-9-16-7-6-8-17(16)11-18)40-28(35)24-21(14(2)23-22(15(3)33)26(34)32(23)24)19-12-31-13-30-25(27(31)42-19)43(4,37)38/h9-15,20,22-23,33H,5-8H2,1-4H3/t14-,15+,20?,22+,23+/m0/s1. The van der Waals surface area contributed by atoms with Crippen LogP contribution in [0.5, 0.6) is 5.75 Å². The first-order chi connectivity index (χ1) is 20.4. The van der Waals surface area contributed by atoms with E-state index >= 15 is 0 Å². The number of ether oxygens (including phenoxy) is 3. The molecule has 1 aliphatic carbocycles. The monoisotopic (exact) mass is 629 g/mol. The molecule has 1 aromatic carbocycles. The fourth-order valence-electron chi connectivity index (χ4n) is 6.25. The summed E-state index contributed by atoms with van der Waals surface area (Å²) in [5.74, 6) is -2.12. The Bertz CT molecular complexity index is 1790. The molecule has 5 atom stereocenters. The Hall–Kier alpha value is -3.75. The van der Waals surface area contributed by atoms with E-state index in [9.17, 15) is 27.9 Å². The number of rotatable bonds is 8. The van der Waals surface area contributed by atoms with Gasteiger partial charge in [-0.15, -0.1) is 11.3 Å². The SMILES string of the molecule is CCC(OC(=O)Oc1ccc2c(c1)CCC2)OC(=O)C1=C(c2cn3cnc(S(C)(=O)=O)c3s2)[C@H](C)[C@@H]2[C@@H]([C@@H](C)O)C(=O)N12. The van der Waals surface area contributed by atoms with Crippen molar-refractivity contribution in [2.24, 2.45) is 11.8 Å². The molecular weight excluding hydrogens is 598 g/mol. The van der Waals surface area contributed by atoms with Crippen LogP contribution in [0.4, 0.5) is 4.79 Å². The molecule has 1 saturated heterocycles. The molecule has 12 nitrogen and oxygen atoms in total. The molecule has 1 amide bonds. The molecule has 43 heavy (non-hydrogen) atoms. The zero-order chi connectivity index (χ0) is 30.8. The third-order valence-corrected chi connectivity index (χ3v) is 10.5. The van der Waals surface area contributed by atoms with Crippen molar-refractivity contribution in [1.29, 1.82) is 0 Å². The highest BCUT2D eigenvalue weighted by atomic mass is 32.2. The van der Waals surface area contributed by atoms with Crippen LogP contribution in [0.15, 0.2) is 41.4 Å². The van der Waals surface area contributed by atoms with Gasteiger partial charge in [-0.2, -0.15) is 0 Å². The van der Waals surface area contributed by atoms with E-state index in [1.165, 1.54) is 23.7 Å². The average Bonchev–Trinajstić information content (AvgIpc) is 3.68. The van der Waals surface area contributed by atoms with Gasteiger partial charge in [-0.25, -0.2) is 23.0 Å². The van der Waals surface area contributed by atoms with Crippen LogP contribution < -0.4 is 4.74 Å². The maximum atomic E-state index is 13.7. The molecule has 0 saturated carbocycles. The molecule has 0 bridgehead atoms. The fourth-order valence-corrected chi connectivity index (χ4v) is 8.60. The Kier molecular flexibility index (Phi) is 7.33. The number of imidazole rings is 1. The summed E-state index contributed by atoms with van der Waals surface area (Å²) in [6, 6.07) is 4.90. The number of hydrogen-bond donors (Lipinski definition) is 1. The molecule has 2 aromatic heterocycles. The molecule has 0 spiro atoms. The molecule has 1 N–H and O–H groups in total. The Labute approximate surface area is 251 Å². The lowest BCUT2D eigenvalue weighted by atomic mass is 9.77. The Morgan fingerprint density at radius 2 is 1.95 bits per heavy atom. The van der Waals surface area contributed by atoms with E-state index in [1.54, 1.807) is 29.7 Å². The highest BCUT2D eigenvalue weighted by Crippen LogP contribution is 2.52. The van der Waals surface area contributed by atoms with E-state index in [2.05, 4.69) is 4.98 Å². The van der Waals surface area contributed by atoms with Crippen molar-refractivity contribution in [3.05, 3.63) is 52.4 Å². The predicted octanol–water partition coefficient (Wildman–Crippen LogP) is 3.35. The van der Waals surface area contributed by atoms with Crippen LogP contribution in [0.3, 0.4) is 0 Å². The predicted molar refractivity (Wildman–Crippen MR) is 154 cm³/mol.